The Morgan fingerprint density at radius 1 is 1.35 bits per heavy atom. The van der Waals surface area contributed by atoms with E-state index in [9.17, 15) is 4.79 Å². The lowest BCUT2D eigenvalue weighted by atomic mass is 9.90. The van der Waals surface area contributed by atoms with E-state index in [0.717, 1.165) is 16.9 Å². The molecule has 1 rings (SSSR count). The van der Waals surface area contributed by atoms with E-state index in [1.165, 1.54) is 0 Å². The van der Waals surface area contributed by atoms with Crippen molar-refractivity contribution in [2.75, 3.05) is 0 Å². The van der Waals surface area contributed by atoms with Gasteiger partial charge in [0.2, 0.25) is 0 Å². The number of rotatable bonds is 4. The van der Waals surface area contributed by atoms with Crippen LogP contribution in [-0.4, -0.2) is 5.97 Å². The van der Waals surface area contributed by atoms with Crippen LogP contribution in [0.15, 0.2) is 29.2 Å². The zero-order valence-corrected chi connectivity index (χ0v) is 11.8. The summed E-state index contributed by atoms with van der Waals surface area (Å²) in [6.07, 6.45) is 0.552. The molecule has 1 aromatic rings. The molecule has 1 unspecified atom stereocenters. The van der Waals surface area contributed by atoms with Gasteiger partial charge in [-0.15, -0.1) is 12.6 Å². The first kappa shape index (κ1) is 14.1. The molecule has 94 valence electrons. The van der Waals surface area contributed by atoms with Crippen LogP contribution >= 0.6 is 12.6 Å². The van der Waals surface area contributed by atoms with Gasteiger partial charge in [-0.1, -0.05) is 19.1 Å². The predicted molar refractivity (Wildman–Crippen MR) is 72.3 cm³/mol. The highest BCUT2D eigenvalue weighted by atomic mass is 32.1. The number of hydrogen-bond acceptors (Lipinski definition) is 3. The zero-order valence-electron chi connectivity index (χ0n) is 10.9. The molecule has 0 radical (unpaired) electrons. The van der Waals surface area contributed by atoms with E-state index in [-0.39, 0.29) is 12.1 Å². The Kier molecular flexibility index (Phi) is 4.63. The third kappa shape index (κ3) is 3.77. The number of esters is 1. The second-order valence-electron chi connectivity index (χ2n) is 4.88. The van der Waals surface area contributed by atoms with Crippen LogP contribution in [0.1, 0.15) is 45.8 Å². The Labute approximate surface area is 109 Å². The topological polar surface area (TPSA) is 26.3 Å². The molecule has 0 heterocycles. The van der Waals surface area contributed by atoms with Crippen LogP contribution < -0.4 is 0 Å². The van der Waals surface area contributed by atoms with Gasteiger partial charge >= 0.3 is 5.97 Å². The smallest absolute Gasteiger partial charge is 0.312 e. The number of benzene rings is 1. The fraction of sp³-hybridized carbons (Fsp3) is 0.500. The van der Waals surface area contributed by atoms with Crippen molar-refractivity contribution in [2.45, 2.75) is 45.1 Å². The highest BCUT2D eigenvalue weighted by molar-refractivity contribution is 7.80. The van der Waals surface area contributed by atoms with Gasteiger partial charge in [0.1, 0.15) is 6.10 Å². The first-order valence-corrected chi connectivity index (χ1v) is 6.31. The molecule has 0 aliphatic rings. The van der Waals surface area contributed by atoms with Crippen molar-refractivity contribution < 1.29 is 9.53 Å². The maximum atomic E-state index is 11.9. The summed E-state index contributed by atoms with van der Waals surface area (Å²) >= 11 is 4.22. The third-order valence-electron chi connectivity index (χ3n) is 3.08. The van der Waals surface area contributed by atoms with Gasteiger partial charge in [-0.05, 0) is 44.9 Å². The largest absolute Gasteiger partial charge is 0.457 e. The van der Waals surface area contributed by atoms with Crippen molar-refractivity contribution >= 4 is 18.6 Å². The van der Waals surface area contributed by atoms with E-state index in [0.29, 0.717) is 0 Å². The maximum Gasteiger partial charge on any atom is 0.312 e. The molecule has 0 aliphatic heterocycles. The molecule has 1 atom stereocenters. The van der Waals surface area contributed by atoms with E-state index < -0.39 is 5.41 Å². The zero-order chi connectivity index (χ0) is 13.1. The fourth-order valence-electron chi connectivity index (χ4n) is 1.28. The lowest BCUT2D eigenvalue weighted by Crippen LogP contribution is -2.26. The monoisotopic (exact) mass is 252 g/mol. The molecular weight excluding hydrogens is 232 g/mol. The number of ether oxygens (including phenoxy) is 1. The van der Waals surface area contributed by atoms with Crippen LogP contribution in [0.3, 0.4) is 0 Å². The van der Waals surface area contributed by atoms with E-state index in [1.807, 2.05) is 52.0 Å². The molecule has 0 fully saturated rings. The van der Waals surface area contributed by atoms with Crippen LogP contribution in [0.25, 0.3) is 0 Å². The summed E-state index contributed by atoms with van der Waals surface area (Å²) in [5.41, 5.74) is 0.570. The van der Waals surface area contributed by atoms with Gasteiger partial charge in [0.05, 0.1) is 5.41 Å². The van der Waals surface area contributed by atoms with Crippen molar-refractivity contribution in [1.29, 1.82) is 0 Å². The highest BCUT2D eigenvalue weighted by Crippen LogP contribution is 2.26. The number of hydrogen-bond donors (Lipinski definition) is 1. The Balaban J connectivity index is 2.70. The molecule has 0 bridgehead atoms. The van der Waals surface area contributed by atoms with Gasteiger partial charge in [0, 0.05) is 4.90 Å². The number of carbonyl (C=O) groups is 1. The van der Waals surface area contributed by atoms with Gasteiger partial charge in [-0.3, -0.25) is 4.79 Å². The quantitative estimate of drug-likeness (QED) is 0.647. The fourth-order valence-corrected chi connectivity index (χ4v) is 1.43. The van der Waals surface area contributed by atoms with E-state index in [1.54, 1.807) is 0 Å². The summed E-state index contributed by atoms with van der Waals surface area (Å²) in [4.78, 5) is 12.8. The summed E-state index contributed by atoms with van der Waals surface area (Å²) in [5.74, 6) is -0.151. The molecule has 0 saturated heterocycles. The Morgan fingerprint density at radius 3 is 2.35 bits per heavy atom. The van der Waals surface area contributed by atoms with Crippen LogP contribution in [0.4, 0.5) is 0 Å². The Morgan fingerprint density at radius 2 is 1.88 bits per heavy atom. The van der Waals surface area contributed by atoms with Crippen LogP contribution in [0, 0.1) is 5.41 Å². The van der Waals surface area contributed by atoms with Gasteiger partial charge in [-0.2, -0.15) is 0 Å². The summed E-state index contributed by atoms with van der Waals surface area (Å²) < 4.78 is 5.47. The maximum absolute atomic E-state index is 11.9. The summed E-state index contributed by atoms with van der Waals surface area (Å²) in [5, 5.41) is 0. The van der Waals surface area contributed by atoms with Crippen molar-refractivity contribution in [1.82, 2.24) is 0 Å². The highest BCUT2D eigenvalue weighted by Gasteiger charge is 2.28. The first-order valence-electron chi connectivity index (χ1n) is 5.87. The molecule has 3 heteroatoms. The van der Waals surface area contributed by atoms with E-state index >= 15 is 0 Å². The van der Waals surface area contributed by atoms with Gasteiger partial charge < -0.3 is 4.74 Å². The van der Waals surface area contributed by atoms with Crippen LogP contribution in [0.2, 0.25) is 0 Å². The van der Waals surface area contributed by atoms with Gasteiger partial charge in [0.25, 0.3) is 0 Å². The van der Waals surface area contributed by atoms with Crippen molar-refractivity contribution in [2.24, 2.45) is 5.41 Å². The van der Waals surface area contributed by atoms with Crippen molar-refractivity contribution in [3.63, 3.8) is 0 Å². The first-order chi connectivity index (χ1) is 7.86. The standard InChI is InChI=1S/C14H20O2S/c1-5-14(3,4)13(15)16-10(2)11-6-8-12(17)9-7-11/h6-10,17H,5H2,1-4H3. The van der Waals surface area contributed by atoms with E-state index in [4.69, 9.17) is 4.74 Å². The lowest BCUT2D eigenvalue weighted by molar-refractivity contribution is -0.159. The molecule has 0 amide bonds. The van der Waals surface area contributed by atoms with Crippen molar-refractivity contribution in [3.05, 3.63) is 29.8 Å². The molecule has 0 N–H and O–H groups in total. The molecule has 0 spiro atoms. The van der Waals surface area contributed by atoms with Crippen LogP contribution in [-0.2, 0) is 9.53 Å². The summed E-state index contributed by atoms with van der Waals surface area (Å²) in [6, 6.07) is 7.65. The third-order valence-corrected chi connectivity index (χ3v) is 3.38. The Hall–Kier alpha value is -0.960. The average molecular weight is 252 g/mol. The predicted octanol–water partition coefficient (Wildman–Crippen LogP) is 4.02. The molecule has 2 nitrogen and oxygen atoms in total. The molecule has 1 aromatic carbocycles. The second kappa shape index (κ2) is 5.58. The molecule has 0 aromatic heterocycles. The SMILES string of the molecule is CCC(C)(C)C(=O)OC(C)c1ccc(S)cc1. The molecule has 0 aliphatic carbocycles. The Bertz CT molecular complexity index is 382. The average Bonchev–Trinajstić information content (AvgIpc) is 2.29. The normalized spacial score (nSPS) is 13.2. The minimum Gasteiger partial charge on any atom is -0.457 e. The van der Waals surface area contributed by atoms with Crippen molar-refractivity contribution in [3.8, 4) is 0 Å². The summed E-state index contributed by atoms with van der Waals surface area (Å²) in [6.45, 7) is 7.68. The van der Waals surface area contributed by atoms with E-state index in [2.05, 4.69) is 12.6 Å². The second-order valence-corrected chi connectivity index (χ2v) is 5.39. The summed E-state index contributed by atoms with van der Waals surface area (Å²) in [7, 11) is 0. The van der Waals surface area contributed by atoms with Gasteiger partial charge in [-0.25, -0.2) is 0 Å². The van der Waals surface area contributed by atoms with Gasteiger partial charge in [0.15, 0.2) is 0 Å². The minimum atomic E-state index is -0.419. The molecule has 0 saturated carbocycles. The lowest BCUT2D eigenvalue weighted by Gasteiger charge is -2.23. The van der Waals surface area contributed by atoms with Crippen LogP contribution in [0.5, 0.6) is 0 Å². The number of carbonyl (C=O) groups excluding carboxylic acids is 1. The minimum absolute atomic E-state index is 0.151. The number of thiol groups is 1. The molecular formula is C14H20O2S. The molecule has 17 heavy (non-hydrogen) atoms.